The fourth-order valence-electron chi connectivity index (χ4n) is 3.25. The van der Waals surface area contributed by atoms with Crippen LogP contribution in [-0.4, -0.2) is 32.7 Å². The molecule has 0 amide bonds. The second-order valence-electron chi connectivity index (χ2n) is 6.50. The van der Waals surface area contributed by atoms with Crippen LogP contribution in [0.25, 0.3) is 6.08 Å². The maximum absolute atomic E-state index is 8.86. The molecule has 2 aromatic rings. The van der Waals surface area contributed by atoms with Crippen LogP contribution in [0.4, 0.5) is 0 Å². The lowest BCUT2D eigenvalue weighted by molar-refractivity contribution is -1.02. The molecule has 0 radical (unpaired) electrons. The van der Waals surface area contributed by atoms with Crippen molar-refractivity contribution >= 4 is 6.08 Å². The Hall–Kier alpha value is -2.41. The van der Waals surface area contributed by atoms with Gasteiger partial charge in [0.05, 0.1) is 18.2 Å². The fraction of sp³-hybridized carbons (Fsp3) is 0.286. The Morgan fingerprint density at radius 1 is 0.875 bits per heavy atom. The van der Waals surface area contributed by atoms with E-state index in [-0.39, 0.29) is 0 Å². The molecule has 1 fully saturated rings. The van der Waals surface area contributed by atoms with Gasteiger partial charge in [-0.3, -0.25) is 0 Å². The van der Waals surface area contributed by atoms with E-state index in [4.69, 9.17) is 5.26 Å². The van der Waals surface area contributed by atoms with E-state index in [2.05, 4.69) is 60.7 Å². The molecule has 122 valence electrons. The largest absolute Gasteiger partial charge is 0.322 e. The summed E-state index contributed by atoms with van der Waals surface area (Å²) in [6, 6.07) is 20.7. The summed E-state index contributed by atoms with van der Waals surface area (Å²) in [7, 11) is 0. The number of nitriles is 1. The van der Waals surface area contributed by atoms with Crippen molar-refractivity contribution < 1.29 is 9.80 Å². The molecule has 0 saturated carbocycles. The van der Waals surface area contributed by atoms with E-state index < -0.39 is 0 Å². The maximum Gasteiger partial charge on any atom is 0.127 e. The van der Waals surface area contributed by atoms with E-state index in [9.17, 15) is 0 Å². The first-order valence-electron chi connectivity index (χ1n) is 8.71. The third-order valence-corrected chi connectivity index (χ3v) is 4.72. The minimum Gasteiger partial charge on any atom is -0.322 e. The smallest absolute Gasteiger partial charge is 0.127 e. The Morgan fingerprint density at radius 2 is 1.54 bits per heavy atom. The van der Waals surface area contributed by atoms with Crippen molar-refractivity contribution in [3.8, 4) is 6.07 Å². The number of nitrogens with zero attached hydrogens (tertiary/aromatic N) is 1. The Kier molecular flexibility index (Phi) is 5.79. The maximum atomic E-state index is 8.86. The summed E-state index contributed by atoms with van der Waals surface area (Å²) in [4.78, 5) is 3.32. The minimum atomic E-state index is 0.744. The Bertz CT molecular complexity index is 690. The molecule has 3 heteroatoms. The third kappa shape index (κ3) is 4.79. The summed E-state index contributed by atoms with van der Waals surface area (Å²) in [5, 5.41) is 8.86. The summed E-state index contributed by atoms with van der Waals surface area (Å²) in [5.74, 6) is 0. The molecule has 0 aliphatic carbocycles. The second-order valence-corrected chi connectivity index (χ2v) is 6.50. The summed E-state index contributed by atoms with van der Waals surface area (Å²) in [6.07, 6.45) is 4.53. The number of quaternary nitrogens is 2. The van der Waals surface area contributed by atoms with Gasteiger partial charge >= 0.3 is 0 Å². The molecule has 0 atom stereocenters. The molecule has 3 rings (SSSR count). The number of rotatable bonds is 5. The first-order valence-corrected chi connectivity index (χ1v) is 8.71. The predicted molar refractivity (Wildman–Crippen MR) is 96.6 cm³/mol. The van der Waals surface area contributed by atoms with Crippen LogP contribution in [0.15, 0.2) is 60.7 Å². The second kappa shape index (κ2) is 8.44. The SMILES string of the molecule is N#Cc1ccc(C[NH+]2CC[NH+](C/C=C/c3ccccc3)CC2)cc1. The zero-order chi connectivity index (χ0) is 16.6. The highest BCUT2D eigenvalue weighted by Gasteiger charge is 2.21. The standard InChI is InChI=1S/C21H23N3/c22-17-20-8-10-21(11-9-20)18-24-15-13-23(14-16-24)12-4-7-19-5-2-1-3-6-19/h1-11H,12-16,18H2/p+2/b7-4+. The summed E-state index contributed by atoms with van der Waals surface area (Å²) in [5.41, 5.74) is 3.35. The average Bonchev–Trinajstić information content (AvgIpc) is 2.65. The van der Waals surface area contributed by atoms with Gasteiger partial charge in [0, 0.05) is 5.56 Å². The minimum absolute atomic E-state index is 0.744. The quantitative estimate of drug-likeness (QED) is 0.829. The van der Waals surface area contributed by atoms with Gasteiger partial charge in [-0.25, -0.2) is 0 Å². The van der Waals surface area contributed by atoms with Crippen LogP contribution in [0, 0.1) is 11.3 Å². The Morgan fingerprint density at radius 3 is 2.21 bits per heavy atom. The molecule has 0 spiro atoms. The normalized spacial score (nSPS) is 20.8. The van der Waals surface area contributed by atoms with E-state index in [1.54, 1.807) is 9.80 Å². The molecule has 0 bridgehead atoms. The van der Waals surface area contributed by atoms with Crippen LogP contribution >= 0.6 is 0 Å². The fourth-order valence-corrected chi connectivity index (χ4v) is 3.25. The molecule has 1 aliphatic rings. The van der Waals surface area contributed by atoms with E-state index in [1.165, 1.54) is 37.3 Å². The van der Waals surface area contributed by atoms with Gasteiger partial charge in [-0.15, -0.1) is 0 Å². The van der Waals surface area contributed by atoms with E-state index in [0.717, 1.165) is 18.7 Å². The number of piperazine rings is 1. The molecule has 0 unspecified atom stereocenters. The predicted octanol–water partition coefficient (Wildman–Crippen LogP) is 0.555. The zero-order valence-electron chi connectivity index (χ0n) is 14.0. The number of hydrogen-bond acceptors (Lipinski definition) is 1. The van der Waals surface area contributed by atoms with E-state index in [0.29, 0.717) is 0 Å². The Labute approximate surface area is 144 Å². The van der Waals surface area contributed by atoms with Gasteiger partial charge in [0.2, 0.25) is 0 Å². The van der Waals surface area contributed by atoms with Gasteiger partial charge in [0.15, 0.2) is 0 Å². The van der Waals surface area contributed by atoms with Crippen LogP contribution in [0.1, 0.15) is 16.7 Å². The van der Waals surface area contributed by atoms with Crippen molar-refractivity contribution in [2.45, 2.75) is 6.54 Å². The van der Waals surface area contributed by atoms with Crippen molar-refractivity contribution in [1.29, 1.82) is 5.26 Å². The van der Waals surface area contributed by atoms with Gasteiger partial charge in [-0.2, -0.15) is 5.26 Å². The first kappa shape index (κ1) is 16.4. The average molecular weight is 319 g/mol. The van der Waals surface area contributed by atoms with Gasteiger partial charge in [-0.1, -0.05) is 48.5 Å². The molecule has 0 aromatic heterocycles. The van der Waals surface area contributed by atoms with Crippen molar-refractivity contribution in [2.24, 2.45) is 0 Å². The molecule has 1 heterocycles. The molecule has 2 aromatic carbocycles. The van der Waals surface area contributed by atoms with Crippen molar-refractivity contribution in [3.05, 3.63) is 77.4 Å². The highest BCUT2D eigenvalue weighted by atomic mass is 15.3. The zero-order valence-corrected chi connectivity index (χ0v) is 14.0. The lowest BCUT2D eigenvalue weighted by Crippen LogP contribution is -3.27. The van der Waals surface area contributed by atoms with Gasteiger partial charge in [-0.05, 0) is 23.8 Å². The van der Waals surface area contributed by atoms with Crippen LogP contribution in [0.2, 0.25) is 0 Å². The van der Waals surface area contributed by atoms with E-state index >= 15 is 0 Å². The summed E-state index contributed by atoms with van der Waals surface area (Å²) >= 11 is 0. The van der Waals surface area contributed by atoms with Crippen LogP contribution < -0.4 is 9.80 Å². The van der Waals surface area contributed by atoms with Crippen molar-refractivity contribution in [1.82, 2.24) is 0 Å². The molecule has 1 aliphatic heterocycles. The molecule has 3 nitrogen and oxygen atoms in total. The summed E-state index contributed by atoms with van der Waals surface area (Å²) in [6.45, 7) is 7.07. The van der Waals surface area contributed by atoms with Crippen molar-refractivity contribution in [2.75, 3.05) is 32.7 Å². The van der Waals surface area contributed by atoms with Crippen molar-refractivity contribution in [3.63, 3.8) is 0 Å². The highest BCUT2D eigenvalue weighted by molar-refractivity contribution is 5.48. The Balaban J connectivity index is 1.42. The van der Waals surface area contributed by atoms with E-state index in [1.807, 2.05) is 12.1 Å². The molecule has 24 heavy (non-hydrogen) atoms. The monoisotopic (exact) mass is 319 g/mol. The van der Waals surface area contributed by atoms with Gasteiger partial charge in [0.25, 0.3) is 0 Å². The molecular weight excluding hydrogens is 294 g/mol. The van der Waals surface area contributed by atoms with Crippen LogP contribution in [0.5, 0.6) is 0 Å². The topological polar surface area (TPSA) is 32.7 Å². The molecule has 1 saturated heterocycles. The van der Waals surface area contributed by atoms with Crippen LogP contribution in [-0.2, 0) is 6.54 Å². The lowest BCUT2D eigenvalue weighted by Gasteiger charge is -2.29. The first-order chi connectivity index (χ1) is 11.8. The van der Waals surface area contributed by atoms with Gasteiger partial charge < -0.3 is 9.80 Å². The summed E-state index contributed by atoms with van der Waals surface area (Å²) < 4.78 is 0. The number of nitrogens with one attached hydrogen (secondary N) is 2. The molecular formula is C21H25N3+2. The lowest BCUT2D eigenvalue weighted by atomic mass is 10.1. The van der Waals surface area contributed by atoms with Crippen LogP contribution in [0.3, 0.4) is 0 Å². The molecule has 2 N–H and O–H groups in total. The van der Waals surface area contributed by atoms with Gasteiger partial charge in [0.1, 0.15) is 32.7 Å². The number of benzene rings is 2. The highest BCUT2D eigenvalue weighted by Crippen LogP contribution is 2.01. The third-order valence-electron chi connectivity index (χ3n) is 4.72. The number of hydrogen-bond donors (Lipinski definition) is 2.